The predicted molar refractivity (Wildman–Crippen MR) is 58.5 cm³/mol. The summed E-state index contributed by atoms with van der Waals surface area (Å²) in [5.41, 5.74) is 0.446. The molecule has 0 aliphatic carbocycles. The average molecular weight is 218 g/mol. The molecule has 84 valence electrons. The minimum Gasteiger partial charge on any atom is -0.349 e. The van der Waals surface area contributed by atoms with Crippen LogP contribution in [-0.4, -0.2) is 22.4 Å². The van der Waals surface area contributed by atoms with Gasteiger partial charge in [-0.1, -0.05) is 0 Å². The van der Waals surface area contributed by atoms with Crippen LogP contribution in [0.25, 0.3) is 0 Å². The molecule has 0 aliphatic heterocycles. The highest BCUT2D eigenvalue weighted by Gasteiger charge is 2.18. The summed E-state index contributed by atoms with van der Waals surface area (Å²) >= 11 is 0. The Bertz CT molecular complexity index is 417. The Morgan fingerprint density at radius 3 is 2.69 bits per heavy atom. The molecule has 1 aromatic rings. The highest BCUT2D eigenvalue weighted by molar-refractivity contribution is 5.91. The zero-order valence-corrected chi connectivity index (χ0v) is 9.61. The number of hydrogen-bond donors (Lipinski definition) is 1. The summed E-state index contributed by atoms with van der Waals surface area (Å²) in [5.74, 6) is -0.309. The maximum absolute atomic E-state index is 11.6. The first-order valence-corrected chi connectivity index (χ1v) is 4.93. The van der Waals surface area contributed by atoms with Crippen LogP contribution in [0.5, 0.6) is 0 Å². The molecular weight excluding hydrogens is 204 g/mol. The number of aromatic nitrogens is 2. The van der Waals surface area contributed by atoms with Gasteiger partial charge < -0.3 is 5.32 Å². The molecule has 0 atom stereocenters. The Labute approximate surface area is 94.5 Å². The topological polar surface area (TPSA) is 78.7 Å². The summed E-state index contributed by atoms with van der Waals surface area (Å²) in [7, 11) is 0. The van der Waals surface area contributed by atoms with Gasteiger partial charge in [0.25, 0.3) is 5.91 Å². The minimum absolute atomic E-state index is 0.263. The number of amides is 1. The Morgan fingerprint density at radius 1 is 1.50 bits per heavy atom. The van der Waals surface area contributed by atoms with Crippen LogP contribution >= 0.6 is 0 Å². The first-order chi connectivity index (χ1) is 7.44. The number of aryl methyl sites for hydroxylation is 1. The smallest absolute Gasteiger partial charge is 0.271 e. The van der Waals surface area contributed by atoms with E-state index in [1.807, 2.05) is 0 Å². The van der Waals surface area contributed by atoms with Crippen molar-refractivity contribution in [1.82, 2.24) is 15.3 Å². The highest BCUT2D eigenvalue weighted by Crippen LogP contribution is 2.10. The van der Waals surface area contributed by atoms with Gasteiger partial charge in [-0.15, -0.1) is 0 Å². The van der Waals surface area contributed by atoms with Crippen molar-refractivity contribution in [3.8, 4) is 6.07 Å². The SMILES string of the molecule is Cc1cnc(C(=O)NCC(C)(C)C#N)cn1. The number of hydrogen-bond acceptors (Lipinski definition) is 4. The van der Waals surface area contributed by atoms with Gasteiger partial charge in [-0.25, -0.2) is 4.98 Å². The Hall–Kier alpha value is -1.96. The van der Waals surface area contributed by atoms with Crippen molar-refractivity contribution in [2.24, 2.45) is 5.41 Å². The lowest BCUT2D eigenvalue weighted by molar-refractivity contribution is 0.0938. The van der Waals surface area contributed by atoms with E-state index in [4.69, 9.17) is 5.26 Å². The number of nitriles is 1. The standard InChI is InChI=1S/C11H14N4O/c1-8-4-14-9(5-13-8)10(16)15-7-11(2,3)6-12/h4-5H,7H2,1-3H3,(H,15,16). The van der Waals surface area contributed by atoms with Gasteiger partial charge in [0.2, 0.25) is 0 Å². The van der Waals surface area contributed by atoms with Crippen molar-refractivity contribution in [3.05, 3.63) is 23.8 Å². The third-order valence-electron chi connectivity index (χ3n) is 2.01. The average Bonchev–Trinajstić information content (AvgIpc) is 2.27. The second kappa shape index (κ2) is 4.71. The van der Waals surface area contributed by atoms with Crippen LogP contribution in [0.2, 0.25) is 0 Å². The molecule has 0 saturated carbocycles. The van der Waals surface area contributed by atoms with Crippen molar-refractivity contribution < 1.29 is 4.79 Å². The molecule has 0 saturated heterocycles. The molecule has 0 aromatic carbocycles. The Morgan fingerprint density at radius 2 is 2.19 bits per heavy atom. The number of nitrogens with zero attached hydrogens (tertiary/aromatic N) is 3. The van der Waals surface area contributed by atoms with Crippen LogP contribution in [0.4, 0.5) is 0 Å². The van der Waals surface area contributed by atoms with Gasteiger partial charge in [-0.2, -0.15) is 5.26 Å². The first-order valence-electron chi connectivity index (χ1n) is 4.93. The molecular formula is C11H14N4O. The molecule has 1 N–H and O–H groups in total. The predicted octanol–water partition coefficient (Wildman–Crippen LogP) is 1.06. The third-order valence-corrected chi connectivity index (χ3v) is 2.01. The number of carbonyl (C=O) groups is 1. The lowest BCUT2D eigenvalue weighted by Gasteiger charge is -2.15. The Kier molecular flexibility index (Phi) is 3.56. The van der Waals surface area contributed by atoms with E-state index in [1.54, 1.807) is 20.8 Å². The van der Waals surface area contributed by atoms with Crippen LogP contribution in [0.1, 0.15) is 30.0 Å². The molecule has 0 aliphatic rings. The van der Waals surface area contributed by atoms with E-state index in [9.17, 15) is 4.79 Å². The van der Waals surface area contributed by atoms with E-state index in [0.29, 0.717) is 0 Å². The summed E-state index contributed by atoms with van der Waals surface area (Å²) in [6.45, 7) is 5.60. The molecule has 0 bridgehead atoms. The summed E-state index contributed by atoms with van der Waals surface area (Å²) in [5, 5.41) is 11.4. The van der Waals surface area contributed by atoms with Gasteiger partial charge in [0.05, 0.1) is 23.4 Å². The molecule has 5 nitrogen and oxygen atoms in total. The largest absolute Gasteiger partial charge is 0.349 e. The molecule has 1 aromatic heterocycles. The molecule has 1 amide bonds. The summed E-state index contributed by atoms with van der Waals surface area (Å²) < 4.78 is 0. The maximum atomic E-state index is 11.6. The van der Waals surface area contributed by atoms with Gasteiger partial charge >= 0.3 is 0 Å². The van der Waals surface area contributed by atoms with Crippen LogP contribution in [0.3, 0.4) is 0 Å². The fraction of sp³-hybridized carbons (Fsp3) is 0.455. The van der Waals surface area contributed by atoms with Crippen LogP contribution < -0.4 is 5.32 Å². The van der Waals surface area contributed by atoms with Crippen molar-refractivity contribution in [1.29, 1.82) is 5.26 Å². The Balaban J connectivity index is 2.61. The number of carbonyl (C=O) groups excluding carboxylic acids is 1. The van der Waals surface area contributed by atoms with Gasteiger partial charge in [0.1, 0.15) is 5.69 Å². The quantitative estimate of drug-likeness (QED) is 0.822. The van der Waals surface area contributed by atoms with Crippen LogP contribution in [-0.2, 0) is 0 Å². The normalized spacial score (nSPS) is 10.6. The number of nitrogens with one attached hydrogen (secondary N) is 1. The second-order valence-electron chi connectivity index (χ2n) is 4.22. The molecule has 0 radical (unpaired) electrons. The second-order valence-corrected chi connectivity index (χ2v) is 4.22. The van der Waals surface area contributed by atoms with Gasteiger partial charge in [0.15, 0.2) is 0 Å². The van der Waals surface area contributed by atoms with Crippen LogP contribution in [0.15, 0.2) is 12.4 Å². The minimum atomic E-state index is -0.576. The molecule has 1 rings (SSSR count). The fourth-order valence-corrected chi connectivity index (χ4v) is 0.941. The molecule has 5 heteroatoms. The van der Waals surface area contributed by atoms with Gasteiger partial charge in [0, 0.05) is 12.7 Å². The van der Waals surface area contributed by atoms with E-state index in [2.05, 4.69) is 21.4 Å². The van der Waals surface area contributed by atoms with E-state index in [-0.39, 0.29) is 18.1 Å². The van der Waals surface area contributed by atoms with E-state index >= 15 is 0 Å². The first kappa shape index (κ1) is 12.1. The lowest BCUT2D eigenvalue weighted by Crippen LogP contribution is -2.33. The van der Waals surface area contributed by atoms with Crippen LogP contribution in [0, 0.1) is 23.7 Å². The van der Waals surface area contributed by atoms with Gasteiger partial charge in [-0.05, 0) is 20.8 Å². The molecule has 16 heavy (non-hydrogen) atoms. The van der Waals surface area contributed by atoms with E-state index in [0.717, 1.165) is 5.69 Å². The van der Waals surface area contributed by atoms with E-state index in [1.165, 1.54) is 12.4 Å². The molecule has 1 heterocycles. The fourth-order valence-electron chi connectivity index (χ4n) is 0.941. The molecule has 0 unspecified atom stereocenters. The molecule has 0 spiro atoms. The van der Waals surface area contributed by atoms with Crippen molar-refractivity contribution >= 4 is 5.91 Å². The van der Waals surface area contributed by atoms with Crippen molar-refractivity contribution in [3.63, 3.8) is 0 Å². The zero-order valence-electron chi connectivity index (χ0n) is 9.61. The summed E-state index contributed by atoms with van der Waals surface area (Å²) in [6.07, 6.45) is 2.95. The summed E-state index contributed by atoms with van der Waals surface area (Å²) in [4.78, 5) is 19.5. The highest BCUT2D eigenvalue weighted by atomic mass is 16.1. The third kappa shape index (κ3) is 3.31. The van der Waals surface area contributed by atoms with Crippen molar-refractivity contribution in [2.75, 3.05) is 6.54 Å². The number of rotatable bonds is 3. The molecule has 0 fully saturated rings. The van der Waals surface area contributed by atoms with Crippen molar-refractivity contribution in [2.45, 2.75) is 20.8 Å². The maximum Gasteiger partial charge on any atom is 0.271 e. The van der Waals surface area contributed by atoms with E-state index < -0.39 is 5.41 Å². The monoisotopic (exact) mass is 218 g/mol. The van der Waals surface area contributed by atoms with Gasteiger partial charge in [-0.3, -0.25) is 9.78 Å². The lowest BCUT2D eigenvalue weighted by atomic mass is 9.96. The zero-order chi connectivity index (χ0) is 12.2. The summed E-state index contributed by atoms with van der Waals surface area (Å²) in [6, 6.07) is 2.11.